The predicted molar refractivity (Wildman–Crippen MR) is 75.9 cm³/mol. The first-order valence-electron chi connectivity index (χ1n) is 6.20. The van der Waals surface area contributed by atoms with Crippen LogP contribution in [0.2, 0.25) is 0 Å². The van der Waals surface area contributed by atoms with Gasteiger partial charge in [-0.2, -0.15) is 0 Å². The van der Waals surface area contributed by atoms with Crippen LogP contribution in [-0.4, -0.2) is 11.7 Å². The van der Waals surface area contributed by atoms with E-state index in [9.17, 15) is 5.11 Å². The fourth-order valence-corrected chi connectivity index (χ4v) is 1.62. The summed E-state index contributed by atoms with van der Waals surface area (Å²) in [4.78, 5) is 0. The summed E-state index contributed by atoms with van der Waals surface area (Å²) in [6.07, 6.45) is -0.452. The first-order valence-corrected chi connectivity index (χ1v) is 6.20. The van der Waals surface area contributed by atoms with Crippen molar-refractivity contribution in [2.24, 2.45) is 0 Å². The first kappa shape index (κ1) is 13.2. The molecule has 0 heterocycles. The summed E-state index contributed by atoms with van der Waals surface area (Å²) < 4.78 is 5.51. The lowest BCUT2D eigenvalue weighted by Crippen LogP contribution is -1.95. The molecular weight excluding hydrogens is 236 g/mol. The summed E-state index contributed by atoms with van der Waals surface area (Å²) in [6.45, 7) is 2.09. The van der Waals surface area contributed by atoms with E-state index in [0.717, 1.165) is 16.9 Å². The molecular formula is C17H16O2. The molecule has 1 N–H and O–H groups in total. The van der Waals surface area contributed by atoms with Crippen LogP contribution in [-0.2, 0) is 0 Å². The van der Waals surface area contributed by atoms with E-state index in [4.69, 9.17) is 4.74 Å². The van der Waals surface area contributed by atoms with Crippen molar-refractivity contribution >= 4 is 0 Å². The number of ether oxygens (including phenoxy) is 1. The fourth-order valence-electron chi connectivity index (χ4n) is 1.62. The van der Waals surface area contributed by atoms with Crippen molar-refractivity contribution in [2.45, 2.75) is 13.0 Å². The maximum atomic E-state index is 9.39. The lowest BCUT2D eigenvalue weighted by molar-refractivity contribution is 0.199. The Morgan fingerprint density at radius 2 is 1.74 bits per heavy atom. The van der Waals surface area contributed by atoms with Gasteiger partial charge in [0, 0.05) is 5.56 Å². The smallest absolute Gasteiger partial charge is 0.149 e. The normalized spacial score (nSPS) is 11.3. The third kappa shape index (κ3) is 4.17. The highest BCUT2D eigenvalue weighted by molar-refractivity contribution is 5.34. The van der Waals surface area contributed by atoms with Crippen LogP contribution in [0.5, 0.6) is 5.75 Å². The molecule has 2 rings (SSSR count). The van der Waals surface area contributed by atoms with Crippen LogP contribution in [0.1, 0.15) is 24.2 Å². The van der Waals surface area contributed by atoms with E-state index in [1.807, 2.05) is 54.6 Å². The molecule has 0 saturated heterocycles. The number of aliphatic hydroxyl groups is 1. The van der Waals surface area contributed by atoms with E-state index in [2.05, 4.69) is 11.8 Å². The number of benzene rings is 2. The highest BCUT2D eigenvalue weighted by Gasteiger charge is 1.99. The van der Waals surface area contributed by atoms with Crippen molar-refractivity contribution < 1.29 is 9.84 Å². The molecule has 1 atom stereocenters. The molecule has 0 spiro atoms. The molecule has 2 heteroatoms. The van der Waals surface area contributed by atoms with Gasteiger partial charge in [0.25, 0.3) is 0 Å². The van der Waals surface area contributed by atoms with Gasteiger partial charge in [-0.15, -0.1) is 0 Å². The number of hydrogen-bond acceptors (Lipinski definition) is 2. The van der Waals surface area contributed by atoms with E-state index in [1.54, 1.807) is 6.92 Å². The van der Waals surface area contributed by atoms with Gasteiger partial charge in [-0.25, -0.2) is 0 Å². The van der Waals surface area contributed by atoms with E-state index in [0.29, 0.717) is 6.61 Å². The molecule has 2 aromatic rings. The van der Waals surface area contributed by atoms with Crippen molar-refractivity contribution in [3.8, 4) is 17.6 Å². The number of aliphatic hydroxyl groups excluding tert-OH is 1. The van der Waals surface area contributed by atoms with Gasteiger partial charge in [0.15, 0.2) is 0 Å². The molecule has 0 bridgehead atoms. The summed E-state index contributed by atoms with van der Waals surface area (Å²) >= 11 is 0. The SMILES string of the molecule is C[C@@H](O)c1ccc(OCC#Cc2ccccc2)cc1. The minimum absolute atomic E-state index is 0.350. The molecule has 0 aliphatic rings. The minimum Gasteiger partial charge on any atom is -0.481 e. The molecule has 0 aromatic heterocycles. The second kappa shape index (κ2) is 6.63. The van der Waals surface area contributed by atoms with Crippen molar-refractivity contribution in [1.82, 2.24) is 0 Å². The first-order chi connectivity index (χ1) is 9.25. The average molecular weight is 252 g/mol. The molecule has 0 aliphatic heterocycles. The molecule has 19 heavy (non-hydrogen) atoms. The molecule has 0 aliphatic carbocycles. The van der Waals surface area contributed by atoms with Crippen LogP contribution < -0.4 is 4.74 Å². The Kier molecular flexibility index (Phi) is 4.60. The second-order valence-corrected chi connectivity index (χ2v) is 4.20. The average Bonchev–Trinajstić information content (AvgIpc) is 2.45. The van der Waals surface area contributed by atoms with E-state index in [-0.39, 0.29) is 0 Å². The Morgan fingerprint density at radius 3 is 2.37 bits per heavy atom. The standard InChI is InChI=1S/C17H16O2/c1-14(18)16-9-11-17(12-10-16)19-13-5-8-15-6-3-2-4-7-15/h2-4,6-7,9-12,14,18H,13H2,1H3/t14-/m1/s1. The Balaban J connectivity index is 1.88. The van der Waals surface area contributed by atoms with Crippen LogP contribution in [0.4, 0.5) is 0 Å². The zero-order chi connectivity index (χ0) is 13.5. The van der Waals surface area contributed by atoms with E-state index >= 15 is 0 Å². The zero-order valence-electron chi connectivity index (χ0n) is 10.8. The molecule has 2 nitrogen and oxygen atoms in total. The molecule has 0 unspecified atom stereocenters. The largest absolute Gasteiger partial charge is 0.481 e. The second-order valence-electron chi connectivity index (χ2n) is 4.20. The molecule has 0 saturated carbocycles. The van der Waals surface area contributed by atoms with Gasteiger partial charge in [0.1, 0.15) is 12.4 Å². The lowest BCUT2D eigenvalue weighted by atomic mass is 10.1. The maximum Gasteiger partial charge on any atom is 0.149 e. The highest BCUT2D eigenvalue weighted by atomic mass is 16.5. The Labute approximate surface area is 113 Å². The van der Waals surface area contributed by atoms with Gasteiger partial charge in [-0.05, 0) is 36.8 Å². The number of hydrogen-bond donors (Lipinski definition) is 1. The number of rotatable bonds is 3. The van der Waals surface area contributed by atoms with Gasteiger partial charge in [-0.3, -0.25) is 0 Å². The summed E-state index contributed by atoms with van der Waals surface area (Å²) in [5.41, 5.74) is 1.86. The Morgan fingerprint density at radius 1 is 1.05 bits per heavy atom. The van der Waals surface area contributed by atoms with Gasteiger partial charge >= 0.3 is 0 Å². The third-order valence-corrected chi connectivity index (χ3v) is 2.68. The Hall–Kier alpha value is -2.24. The maximum absolute atomic E-state index is 9.39. The van der Waals surface area contributed by atoms with Crippen molar-refractivity contribution in [3.63, 3.8) is 0 Å². The van der Waals surface area contributed by atoms with Gasteiger partial charge in [-0.1, -0.05) is 42.2 Å². The van der Waals surface area contributed by atoms with Crippen LogP contribution in [0.25, 0.3) is 0 Å². The van der Waals surface area contributed by atoms with Crippen molar-refractivity contribution in [2.75, 3.05) is 6.61 Å². The van der Waals surface area contributed by atoms with E-state index in [1.165, 1.54) is 0 Å². The zero-order valence-corrected chi connectivity index (χ0v) is 10.8. The minimum atomic E-state index is -0.452. The van der Waals surface area contributed by atoms with Crippen LogP contribution in [0, 0.1) is 11.8 Å². The van der Waals surface area contributed by atoms with Crippen LogP contribution in [0.3, 0.4) is 0 Å². The van der Waals surface area contributed by atoms with Gasteiger partial charge in [0.2, 0.25) is 0 Å². The molecule has 0 fully saturated rings. The third-order valence-electron chi connectivity index (χ3n) is 2.68. The lowest BCUT2D eigenvalue weighted by Gasteiger charge is -2.06. The Bertz CT molecular complexity index is 560. The topological polar surface area (TPSA) is 29.5 Å². The quantitative estimate of drug-likeness (QED) is 0.850. The van der Waals surface area contributed by atoms with E-state index < -0.39 is 6.10 Å². The monoisotopic (exact) mass is 252 g/mol. The molecule has 96 valence electrons. The van der Waals surface area contributed by atoms with Crippen molar-refractivity contribution in [3.05, 3.63) is 65.7 Å². The molecule has 2 aromatic carbocycles. The predicted octanol–water partition coefficient (Wildman–Crippen LogP) is 3.17. The van der Waals surface area contributed by atoms with Crippen LogP contribution in [0.15, 0.2) is 54.6 Å². The van der Waals surface area contributed by atoms with Crippen molar-refractivity contribution in [1.29, 1.82) is 0 Å². The summed E-state index contributed by atoms with van der Waals surface area (Å²) in [5.74, 6) is 6.75. The molecule has 0 radical (unpaired) electrons. The summed E-state index contributed by atoms with van der Waals surface area (Å²) in [7, 11) is 0. The van der Waals surface area contributed by atoms with Gasteiger partial charge in [0.05, 0.1) is 6.10 Å². The van der Waals surface area contributed by atoms with Gasteiger partial charge < -0.3 is 9.84 Å². The van der Waals surface area contributed by atoms with Crippen LogP contribution >= 0.6 is 0 Å². The molecule has 0 amide bonds. The summed E-state index contributed by atoms with van der Waals surface area (Å²) in [5, 5.41) is 9.39. The highest BCUT2D eigenvalue weighted by Crippen LogP contribution is 2.16. The summed E-state index contributed by atoms with van der Waals surface area (Å²) in [6, 6.07) is 17.2. The fraction of sp³-hybridized carbons (Fsp3) is 0.176.